The second-order valence-electron chi connectivity index (χ2n) is 6.74. The lowest BCUT2D eigenvalue weighted by molar-refractivity contribution is 0.101. The van der Waals surface area contributed by atoms with Gasteiger partial charge in [0.2, 0.25) is 15.9 Å². The molecule has 0 N–H and O–H groups in total. The fourth-order valence-electron chi connectivity index (χ4n) is 3.16. The molecule has 0 bridgehead atoms. The zero-order valence-corrected chi connectivity index (χ0v) is 17.4. The first-order chi connectivity index (χ1) is 13.9. The number of aromatic nitrogens is 2. The lowest BCUT2D eigenvalue weighted by atomic mass is 10.2. The van der Waals surface area contributed by atoms with Crippen molar-refractivity contribution in [2.24, 2.45) is 0 Å². The van der Waals surface area contributed by atoms with Gasteiger partial charge in [-0.05, 0) is 30.5 Å². The molecule has 1 fully saturated rings. The van der Waals surface area contributed by atoms with Crippen molar-refractivity contribution in [3.05, 3.63) is 53.2 Å². The molecule has 1 aromatic carbocycles. The van der Waals surface area contributed by atoms with Crippen LogP contribution >= 0.6 is 11.3 Å². The topological polar surface area (TPSA) is 96.6 Å². The van der Waals surface area contributed by atoms with Gasteiger partial charge in [0.25, 0.3) is 5.89 Å². The Morgan fingerprint density at radius 3 is 2.62 bits per heavy atom. The van der Waals surface area contributed by atoms with Crippen LogP contribution in [0.5, 0.6) is 0 Å². The predicted octanol–water partition coefficient (Wildman–Crippen LogP) is 2.51. The maximum atomic E-state index is 12.9. The molecule has 4 rings (SSSR count). The van der Waals surface area contributed by atoms with Crippen molar-refractivity contribution in [3.8, 4) is 10.8 Å². The first-order valence-corrected chi connectivity index (χ1v) is 11.5. The number of ketones is 1. The van der Waals surface area contributed by atoms with Crippen LogP contribution in [0, 0.1) is 0 Å². The van der Waals surface area contributed by atoms with Crippen LogP contribution in [0.1, 0.15) is 23.2 Å². The molecule has 29 heavy (non-hydrogen) atoms. The van der Waals surface area contributed by atoms with Gasteiger partial charge in [0.05, 0.1) is 16.3 Å². The Hall–Kier alpha value is -2.40. The Labute approximate surface area is 172 Å². The highest BCUT2D eigenvalue weighted by atomic mass is 32.2. The van der Waals surface area contributed by atoms with Gasteiger partial charge in [-0.25, -0.2) is 8.42 Å². The minimum atomic E-state index is -3.64. The lowest BCUT2D eigenvalue weighted by Gasteiger charge is -2.33. The van der Waals surface area contributed by atoms with Crippen LogP contribution in [-0.4, -0.2) is 59.8 Å². The zero-order valence-electron chi connectivity index (χ0n) is 15.8. The van der Waals surface area contributed by atoms with E-state index >= 15 is 0 Å². The Morgan fingerprint density at radius 2 is 1.93 bits per heavy atom. The summed E-state index contributed by atoms with van der Waals surface area (Å²) in [5.41, 5.74) is 0.391. The number of Topliss-reactive ketones (excluding diaryl/α,β-unsaturated/α-hetero) is 1. The van der Waals surface area contributed by atoms with Crippen molar-refractivity contribution in [3.63, 3.8) is 0 Å². The van der Waals surface area contributed by atoms with E-state index < -0.39 is 10.0 Å². The molecule has 0 atom stereocenters. The lowest BCUT2D eigenvalue weighted by Crippen LogP contribution is -2.48. The van der Waals surface area contributed by atoms with Crippen molar-refractivity contribution in [1.82, 2.24) is 19.4 Å². The molecule has 10 heteroatoms. The molecule has 1 aliphatic rings. The van der Waals surface area contributed by atoms with E-state index in [9.17, 15) is 13.2 Å². The van der Waals surface area contributed by atoms with Gasteiger partial charge in [-0.15, -0.1) is 21.5 Å². The van der Waals surface area contributed by atoms with Gasteiger partial charge in [0, 0.05) is 31.7 Å². The van der Waals surface area contributed by atoms with E-state index in [-0.39, 0.29) is 10.7 Å². The monoisotopic (exact) mass is 432 g/mol. The van der Waals surface area contributed by atoms with E-state index in [1.165, 1.54) is 34.7 Å². The van der Waals surface area contributed by atoms with Gasteiger partial charge in [-0.1, -0.05) is 18.2 Å². The molecule has 0 spiro atoms. The summed E-state index contributed by atoms with van der Waals surface area (Å²) >= 11 is 1.53. The normalized spacial score (nSPS) is 16.2. The number of carbonyl (C=O) groups excluding carboxylic acids is 1. The van der Waals surface area contributed by atoms with Crippen LogP contribution in [0.2, 0.25) is 0 Å². The number of thiophene rings is 1. The molecule has 2 aromatic heterocycles. The van der Waals surface area contributed by atoms with Crippen LogP contribution in [-0.2, 0) is 16.6 Å². The number of sulfonamides is 1. The van der Waals surface area contributed by atoms with Gasteiger partial charge in [0.1, 0.15) is 0 Å². The van der Waals surface area contributed by atoms with Crippen molar-refractivity contribution in [1.29, 1.82) is 0 Å². The van der Waals surface area contributed by atoms with Crippen molar-refractivity contribution >= 4 is 27.1 Å². The average Bonchev–Trinajstić information content (AvgIpc) is 3.40. The molecule has 3 aromatic rings. The summed E-state index contributed by atoms with van der Waals surface area (Å²) < 4.78 is 33.0. The smallest absolute Gasteiger partial charge is 0.257 e. The van der Waals surface area contributed by atoms with E-state index in [4.69, 9.17) is 4.42 Å². The zero-order chi connectivity index (χ0) is 20.4. The Kier molecular flexibility index (Phi) is 5.59. The largest absolute Gasteiger partial charge is 0.419 e. The number of benzene rings is 1. The molecule has 0 saturated carbocycles. The van der Waals surface area contributed by atoms with Crippen LogP contribution in [0.15, 0.2) is 51.1 Å². The van der Waals surface area contributed by atoms with Gasteiger partial charge in [-0.3, -0.25) is 9.69 Å². The molecule has 0 aliphatic carbocycles. The second-order valence-corrected chi connectivity index (χ2v) is 9.63. The molecule has 3 heterocycles. The third-order valence-electron chi connectivity index (χ3n) is 4.77. The summed E-state index contributed by atoms with van der Waals surface area (Å²) in [5, 5.41) is 10.1. The summed E-state index contributed by atoms with van der Waals surface area (Å²) in [6, 6.07) is 10.0. The van der Waals surface area contributed by atoms with Gasteiger partial charge in [-0.2, -0.15) is 4.31 Å². The number of piperazine rings is 1. The summed E-state index contributed by atoms with van der Waals surface area (Å²) in [7, 11) is -3.64. The molecule has 0 radical (unpaired) electrons. The van der Waals surface area contributed by atoms with Gasteiger partial charge < -0.3 is 4.42 Å². The average molecular weight is 433 g/mol. The highest BCUT2D eigenvalue weighted by molar-refractivity contribution is 7.89. The number of rotatable bonds is 6. The number of nitrogens with zero attached hydrogens (tertiary/aromatic N) is 4. The Balaban J connectivity index is 1.39. The highest BCUT2D eigenvalue weighted by Gasteiger charge is 2.29. The first kappa shape index (κ1) is 19.9. The molecule has 1 saturated heterocycles. The molecule has 152 valence electrons. The highest BCUT2D eigenvalue weighted by Crippen LogP contribution is 2.24. The van der Waals surface area contributed by atoms with E-state index in [0.29, 0.717) is 50.1 Å². The fourth-order valence-corrected chi connectivity index (χ4v) is 5.27. The van der Waals surface area contributed by atoms with E-state index in [1.54, 1.807) is 12.1 Å². The second kappa shape index (κ2) is 8.15. The predicted molar refractivity (Wildman–Crippen MR) is 108 cm³/mol. The van der Waals surface area contributed by atoms with E-state index in [1.807, 2.05) is 17.5 Å². The quantitative estimate of drug-likeness (QED) is 0.552. The summed E-state index contributed by atoms with van der Waals surface area (Å²) in [6.45, 7) is 3.74. The third kappa shape index (κ3) is 4.30. The molecular formula is C19H20N4O4S2. The Bertz CT molecular complexity index is 1100. The van der Waals surface area contributed by atoms with Crippen LogP contribution in [0.4, 0.5) is 0 Å². The van der Waals surface area contributed by atoms with E-state index in [0.717, 1.165) is 4.88 Å². The van der Waals surface area contributed by atoms with Crippen molar-refractivity contribution in [2.45, 2.75) is 18.4 Å². The molecule has 1 aliphatic heterocycles. The van der Waals surface area contributed by atoms with Crippen LogP contribution < -0.4 is 0 Å². The van der Waals surface area contributed by atoms with Gasteiger partial charge >= 0.3 is 0 Å². The number of carbonyl (C=O) groups is 1. The molecule has 8 nitrogen and oxygen atoms in total. The summed E-state index contributed by atoms with van der Waals surface area (Å²) in [5.74, 6) is 0.855. The third-order valence-corrected chi connectivity index (χ3v) is 7.52. The minimum Gasteiger partial charge on any atom is -0.419 e. The van der Waals surface area contributed by atoms with Crippen molar-refractivity contribution in [2.75, 3.05) is 26.2 Å². The standard InChI is InChI=1S/C19H20N4O4S2/c1-14(24)15-4-2-5-16(12-15)29(25,26)23-9-7-22(8-10-23)13-18-20-21-19(27-18)17-6-3-11-28-17/h2-6,11-12H,7-10,13H2,1H3. The number of hydrogen-bond donors (Lipinski definition) is 0. The number of hydrogen-bond acceptors (Lipinski definition) is 8. The molecular weight excluding hydrogens is 412 g/mol. The SMILES string of the molecule is CC(=O)c1cccc(S(=O)(=O)N2CCN(Cc3nnc(-c4cccs4)o3)CC2)c1. The van der Waals surface area contributed by atoms with Crippen LogP contribution in [0.25, 0.3) is 10.8 Å². The first-order valence-electron chi connectivity index (χ1n) is 9.13. The fraction of sp³-hybridized carbons (Fsp3) is 0.316. The molecule has 0 unspecified atom stereocenters. The maximum absolute atomic E-state index is 12.9. The minimum absolute atomic E-state index is 0.149. The van der Waals surface area contributed by atoms with E-state index in [2.05, 4.69) is 15.1 Å². The van der Waals surface area contributed by atoms with Gasteiger partial charge in [0.15, 0.2) is 5.78 Å². The van der Waals surface area contributed by atoms with Crippen molar-refractivity contribution < 1.29 is 17.6 Å². The summed E-state index contributed by atoms with van der Waals surface area (Å²) in [4.78, 5) is 14.7. The Morgan fingerprint density at radius 1 is 1.14 bits per heavy atom. The maximum Gasteiger partial charge on any atom is 0.257 e. The van der Waals surface area contributed by atoms with Crippen LogP contribution in [0.3, 0.4) is 0 Å². The summed E-state index contributed by atoms with van der Waals surface area (Å²) in [6.07, 6.45) is 0. The molecule has 0 amide bonds.